The van der Waals surface area contributed by atoms with Crippen LogP contribution in [0.1, 0.15) is 84.5 Å². The third-order valence-corrected chi connectivity index (χ3v) is 5.73. The Morgan fingerprint density at radius 1 is 0.705 bits per heavy atom. The minimum absolute atomic E-state index is 0.110. The molecule has 234 valence electrons. The zero-order chi connectivity index (χ0) is 32.5. The number of nitrogens with one attached hydrogen (secondary N) is 1. The van der Waals surface area contributed by atoms with Crippen LogP contribution in [0.3, 0.4) is 0 Å². The van der Waals surface area contributed by atoms with Gasteiger partial charge in [-0.3, -0.25) is 0 Å². The van der Waals surface area contributed by atoms with E-state index in [1.807, 2.05) is 31.2 Å². The highest BCUT2D eigenvalue weighted by Gasteiger charge is 2.27. The first-order valence-corrected chi connectivity index (χ1v) is 14.2. The monoisotopic (exact) mass is 604 g/mol. The summed E-state index contributed by atoms with van der Waals surface area (Å²) < 4.78 is 16.2. The number of benzene rings is 3. The third kappa shape index (κ3) is 11.4. The lowest BCUT2D eigenvalue weighted by molar-refractivity contribution is -0.113. The number of carbonyl (C=O) groups excluding carboxylic acids is 4. The summed E-state index contributed by atoms with van der Waals surface area (Å²) in [4.78, 5) is 56.5. The van der Waals surface area contributed by atoms with Gasteiger partial charge in [-0.05, 0) is 89.4 Å². The van der Waals surface area contributed by atoms with Crippen molar-refractivity contribution in [2.75, 3.05) is 0 Å². The molecule has 10 heteroatoms. The van der Waals surface area contributed by atoms with Crippen molar-refractivity contribution < 1.29 is 38.2 Å². The van der Waals surface area contributed by atoms with Gasteiger partial charge < -0.3 is 24.4 Å². The number of ether oxygens (including phenoxy) is 3. The summed E-state index contributed by atoms with van der Waals surface area (Å²) in [5.41, 5.74) is 1.95. The van der Waals surface area contributed by atoms with Gasteiger partial charge in [0.15, 0.2) is 0 Å². The molecular weight excluding hydrogens is 564 g/mol. The van der Waals surface area contributed by atoms with E-state index >= 15 is 0 Å². The Labute approximate surface area is 258 Å². The lowest BCUT2D eigenvalue weighted by Crippen LogP contribution is -2.38. The average Bonchev–Trinajstić information content (AvgIpc) is 2.93. The summed E-state index contributed by atoms with van der Waals surface area (Å²) >= 11 is 0. The second-order valence-electron chi connectivity index (χ2n) is 12.2. The summed E-state index contributed by atoms with van der Waals surface area (Å²) in [5, 5.41) is 3.44. The molecule has 3 rings (SSSR count). The van der Waals surface area contributed by atoms with Crippen molar-refractivity contribution in [1.82, 2.24) is 10.4 Å². The van der Waals surface area contributed by atoms with Crippen LogP contribution in [0.2, 0.25) is 0 Å². The highest BCUT2D eigenvalue weighted by Crippen LogP contribution is 2.18. The Bertz CT molecular complexity index is 1490. The number of alkyl carbamates (subject to hydrolysis) is 1. The fraction of sp³-hybridized carbons (Fsp3) is 0.353. The topological polar surface area (TPSA) is 120 Å². The maximum Gasteiger partial charge on any atom is 0.444 e. The molecule has 0 spiro atoms. The molecule has 0 saturated carbocycles. The molecule has 0 saturated heterocycles. The molecule has 1 N–H and O–H groups in total. The second-order valence-corrected chi connectivity index (χ2v) is 12.2. The molecule has 0 fully saturated rings. The summed E-state index contributed by atoms with van der Waals surface area (Å²) in [6, 6.07) is 20.6. The molecule has 0 aliphatic rings. The maximum absolute atomic E-state index is 13.2. The van der Waals surface area contributed by atoms with E-state index in [2.05, 4.69) is 5.32 Å². The molecule has 0 radical (unpaired) electrons. The third-order valence-electron chi connectivity index (χ3n) is 5.73. The maximum atomic E-state index is 13.2. The predicted molar refractivity (Wildman–Crippen MR) is 163 cm³/mol. The van der Waals surface area contributed by atoms with Crippen molar-refractivity contribution in [1.29, 1.82) is 0 Å². The minimum atomic E-state index is -0.888. The predicted octanol–water partition coefficient (Wildman–Crippen LogP) is 6.89. The standard InChI is InChI=1S/C34H40N2O8/c1-23-11-8-14-26(17-23)22-41-29(37)27-15-10-13-25(19-27)21-36(32(40)43-34(5,6)7)44-30(38)28-16-9-12-24(18-28)20-35-31(39)42-33(2,3)4/h8-19H,20-22H2,1-7H3,(H,35,39). The molecule has 0 atom stereocenters. The fourth-order valence-electron chi connectivity index (χ4n) is 3.89. The van der Waals surface area contributed by atoms with Crippen molar-refractivity contribution in [3.05, 3.63) is 106 Å². The van der Waals surface area contributed by atoms with Crippen molar-refractivity contribution in [3.8, 4) is 0 Å². The first-order valence-electron chi connectivity index (χ1n) is 14.2. The van der Waals surface area contributed by atoms with Crippen LogP contribution in [0.15, 0.2) is 72.8 Å². The van der Waals surface area contributed by atoms with E-state index in [0.717, 1.165) is 16.2 Å². The molecule has 0 heterocycles. The number of hydrogen-bond donors (Lipinski definition) is 1. The van der Waals surface area contributed by atoms with Crippen LogP contribution in [0.25, 0.3) is 0 Å². The van der Waals surface area contributed by atoms with Gasteiger partial charge in [0.05, 0.1) is 17.7 Å². The number of hydroxylamine groups is 2. The Balaban J connectivity index is 1.72. The second kappa shape index (κ2) is 14.5. The van der Waals surface area contributed by atoms with Gasteiger partial charge in [-0.15, -0.1) is 5.06 Å². The zero-order valence-electron chi connectivity index (χ0n) is 26.3. The van der Waals surface area contributed by atoms with Crippen LogP contribution in [0, 0.1) is 6.92 Å². The van der Waals surface area contributed by atoms with Gasteiger partial charge in [-0.1, -0.05) is 54.1 Å². The molecule has 0 aliphatic heterocycles. The van der Waals surface area contributed by atoms with Gasteiger partial charge >= 0.3 is 24.1 Å². The Kier molecular flexibility index (Phi) is 11.1. The molecule has 0 unspecified atom stereocenters. The summed E-state index contributed by atoms with van der Waals surface area (Å²) in [6.07, 6.45) is -1.48. The highest BCUT2D eigenvalue weighted by molar-refractivity contribution is 5.90. The number of rotatable bonds is 8. The molecule has 3 aromatic rings. The van der Waals surface area contributed by atoms with E-state index in [9.17, 15) is 19.2 Å². The molecule has 0 aliphatic carbocycles. The first kappa shape index (κ1) is 33.6. The van der Waals surface area contributed by atoms with E-state index in [1.165, 1.54) is 12.1 Å². The number of carbonyl (C=O) groups is 4. The molecule has 3 aromatic carbocycles. The first-order chi connectivity index (χ1) is 20.6. The Morgan fingerprint density at radius 3 is 1.91 bits per heavy atom. The molecule has 0 aromatic heterocycles. The minimum Gasteiger partial charge on any atom is -0.457 e. The molecule has 44 heavy (non-hydrogen) atoms. The van der Waals surface area contributed by atoms with Gasteiger partial charge in [0.1, 0.15) is 17.8 Å². The van der Waals surface area contributed by atoms with Crippen molar-refractivity contribution >= 4 is 24.1 Å². The quantitative estimate of drug-likeness (QED) is 0.168. The molecule has 10 nitrogen and oxygen atoms in total. The van der Waals surface area contributed by atoms with Gasteiger partial charge in [-0.2, -0.15) is 0 Å². The zero-order valence-corrected chi connectivity index (χ0v) is 26.3. The molecule has 0 bridgehead atoms. The lowest BCUT2D eigenvalue weighted by atomic mass is 10.1. The van der Waals surface area contributed by atoms with Gasteiger partial charge in [0, 0.05) is 6.54 Å². The van der Waals surface area contributed by atoms with Crippen molar-refractivity contribution in [2.45, 2.75) is 79.4 Å². The average molecular weight is 605 g/mol. The number of esters is 1. The van der Waals surface area contributed by atoms with Crippen molar-refractivity contribution in [3.63, 3.8) is 0 Å². The van der Waals surface area contributed by atoms with E-state index in [0.29, 0.717) is 11.1 Å². The van der Waals surface area contributed by atoms with E-state index < -0.39 is 35.3 Å². The van der Waals surface area contributed by atoms with Gasteiger partial charge in [0.25, 0.3) is 0 Å². The fourth-order valence-corrected chi connectivity index (χ4v) is 3.89. The van der Waals surface area contributed by atoms with E-state index in [-0.39, 0.29) is 30.8 Å². The van der Waals surface area contributed by atoms with Crippen LogP contribution in [-0.2, 0) is 38.7 Å². The number of aryl methyl sites for hydroxylation is 1. The SMILES string of the molecule is Cc1cccc(COC(=O)c2cccc(CN(OC(=O)c3cccc(CNC(=O)OC(C)(C)C)c3)C(=O)OC(C)(C)C)c2)c1. The number of nitrogens with zero attached hydrogens (tertiary/aromatic N) is 1. The van der Waals surface area contributed by atoms with E-state index in [1.54, 1.807) is 77.9 Å². The smallest absolute Gasteiger partial charge is 0.444 e. The van der Waals surface area contributed by atoms with Gasteiger partial charge in [0.2, 0.25) is 0 Å². The van der Waals surface area contributed by atoms with Crippen LogP contribution in [0.5, 0.6) is 0 Å². The van der Waals surface area contributed by atoms with E-state index in [4.69, 9.17) is 19.0 Å². The van der Waals surface area contributed by atoms with Crippen LogP contribution in [0.4, 0.5) is 9.59 Å². The summed E-state index contributed by atoms with van der Waals surface area (Å²) in [7, 11) is 0. The van der Waals surface area contributed by atoms with Crippen LogP contribution < -0.4 is 5.32 Å². The van der Waals surface area contributed by atoms with Crippen LogP contribution in [-0.4, -0.2) is 40.4 Å². The van der Waals surface area contributed by atoms with Crippen LogP contribution >= 0.6 is 0 Å². The van der Waals surface area contributed by atoms with Gasteiger partial charge in [-0.25, -0.2) is 19.2 Å². The summed E-state index contributed by atoms with van der Waals surface area (Å²) in [6.45, 7) is 12.3. The molecule has 2 amide bonds. The largest absolute Gasteiger partial charge is 0.457 e. The number of amides is 2. The van der Waals surface area contributed by atoms with Crippen molar-refractivity contribution in [2.24, 2.45) is 0 Å². The molecular formula is C34H40N2O8. The Morgan fingerprint density at radius 2 is 1.27 bits per heavy atom. The highest BCUT2D eigenvalue weighted by atomic mass is 16.8. The normalized spacial score (nSPS) is 11.2. The lowest BCUT2D eigenvalue weighted by Gasteiger charge is -2.26. The number of hydrogen-bond acceptors (Lipinski definition) is 8. The Hall–Kier alpha value is -4.86. The summed E-state index contributed by atoms with van der Waals surface area (Å²) in [5.74, 6) is -1.35.